The summed E-state index contributed by atoms with van der Waals surface area (Å²) >= 11 is 0. The predicted octanol–water partition coefficient (Wildman–Crippen LogP) is 3.31. The first-order valence-corrected chi connectivity index (χ1v) is 9.05. The summed E-state index contributed by atoms with van der Waals surface area (Å²) in [6.45, 7) is 1.67. The van der Waals surface area contributed by atoms with Crippen LogP contribution in [0.2, 0.25) is 0 Å². The molecule has 1 aromatic heterocycles. The molecule has 1 heterocycles. The van der Waals surface area contributed by atoms with Crippen molar-refractivity contribution in [2.45, 2.75) is 11.8 Å². The van der Waals surface area contributed by atoms with Crippen LogP contribution >= 0.6 is 0 Å². The van der Waals surface area contributed by atoms with Crippen LogP contribution in [0.5, 0.6) is 0 Å². The molecule has 0 aliphatic carbocycles. The number of hydrogen-bond acceptors (Lipinski definition) is 5. The average molecular weight is 393 g/mol. The average Bonchev–Trinajstić information content (AvgIpc) is 3.03. The maximum atomic E-state index is 13.2. The first-order chi connectivity index (χ1) is 12.7. The van der Waals surface area contributed by atoms with E-state index in [0.29, 0.717) is 5.76 Å². The van der Waals surface area contributed by atoms with Gasteiger partial charge in [-0.3, -0.25) is 9.52 Å². The van der Waals surface area contributed by atoms with E-state index in [0.717, 1.165) is 18.2 Å². The molecule has 0 saturated carbocycles. The lowest BCUT2D eigenvalue weighted by molar-refractivity contribution is 0.102. The van der Waals surface area contributed by atoms with E-state index >= 15 is 0 Å². The Bertz CT molecular complexity index is 1100. The third kappa shape index (κ3) is 4.29. The molecule has 0 atom stereocenters. The monoisotopic (exact) mass is 393 g/mol. The van der Waals surface area contributed by atoms with Gasteiger partial charge in [-0.25, -0.2) is 17.2 Å². The van der Waals surface area contributed by atoms with Gasteiger partial charge < -0.3 is 9.84 Å². The lowest BCUT2D eigenvalue weighted by Crippen LogP contribution is -2.15. The first kappa shape index (κ1) is 18.5. The van der Waals surface area contributed by atoms with Crippen LogP contribution in [0.3, 0.4) is 0 Å². The molecule has 0 aliphatic rings. The number of nitrogens with zero attached hydrogens (tertiary/aromatic N) is 1. The van der Waals surface area contributed by atoms with Crippen molar-refractivity contribution < 1.29 is 26.5 Å². The summed E-state index contributed by atoms with van der Waals surface area (Å²) in [6.07, 6.45) is 0. The van der Waals surface area contributed by atoms with E-state index in [1.165, 1.54) is 30.3 Å². The molecule has 140 valence electrons. The molecule has 2 aromatic carbocycles. The molecule has 3 aromatic rings. The largest absolute Gasteiger partial charge is 0.360 e. The number of carbonyl (C=O) groups is 1. The highest BCUT2D eigenvalue weighted by Gasteiger charge is 2.17. The molecule has 27 heavy (non-hydrogen) atoms. The van der Waals surface area contributed by atoms with Crippen LogP contribution < -0.4 is 10.0 Å². The van der Waals surface area contributed by atoms with Gasteiger partial charge in [-0.2, -0.15) is 0 Å². The van der Waals surface area contributed by atoms with E-state index < -0.39 is 27.6 Å². The third-order valence-corrected chi connectivity index (χ3v) is 4.87. The number of sulfonamides is 1. The van der Waals surface area contributed by atoms with Gasteiger partial charge in [0.1, 0.15) is 5.76 Å². The summed E-state index contributed by atoms with van der Waals surface area (Å²) < 4.78 is 57.8. The molecule has 0 bridgehead atoms. The normalized spacial score (nSPS) is 11.2. The summed E-state index contributed by atoms with van der Waals surface area (Å²) in [4.78, 5) is 12.0. The second-order valence-corrected chi connectivity index (χ2v) is 7.22. The van der Waals surface area contributed by atoms with E-state index in [9.17, 15) is 22.0 Å². The second-order valence-electron chi connectivity index (χ2n) is 5.54. The van der Waals surface area contributed by atoms with E-state index in [-0.39, 0.29) is 22.0 Å². The van der Waals surface area contributed by atoms with Gasteiger partial charge in [0.15, 0.2) is 17.5 Å². The number of nitrogens with one attached hydrogen (secondary N) is 2. The highest BCUT2D eigenvalue weighted by atomic mass is 32.2. The van der Waals surface area contributed by atoms with Crippen molar-refractivity contribution in [2.24, 2.45) is 0 Å². The Morgan fingerprint density at radius 2 is 1.74 bits per heavy atom. The lowest BCUT2D eigenvalue weighted by Gasteiger charge is -2.09. The SMILES string of the molecule is Cc1cc(NC(=O)c2ccc(S(=O)(=O)Nc3ccc(F)c(F)c3)cc2)no1. The summed E-state index contributed by atoms with van der Waals surface area (Å²) in [5.41, 5.74) is 0.0690. The minimum atomic E-state index is -4.04. The van der Waals surface area contributed by atoms with E-state index in [1.54, 1.807) is 6.92 Å². The van der Waals surface area contributed by atoms with Crippen molar-refractivity contribution >= 4 is 27.4 Å². The lowest BCUT2D eigenvalue weighted by atomic mass is 10.2. The Kier molecular flexibility index (Phi) is 4.91. The fraction of sp³-hybridized carbons (Fsp3) is 0.0588. The number of carbonyl (C=O) groups excluding carboxylic acids is 1. The van der Waals surface area contributed by atoms with Gasteiger partial charge in [-0.05, 0) is 43.3 Å². The maximum Gasteiger partial charge on any atom is 0.261 e. The summed E-state index contributed by atoms with van der Waals surface area (Å²) in [6, 6.07) is 9.21. The van der Waals surface area contributed by atoms with Crippen LogP contribution in [-0.2, 0) is 10.0 Å². The number of halogens is 2. The summed E-state index contributed by atoms with van der Waals surface area (Å²) in [5, 5.41) is 6.13. The molecular weight excluding hydrogens is 380 g/mol. The van der Waals surface area contributed by atoms with E-state index in [1.807, 2.05) is 0 Å². The molecule has 10 heteroatoms. The quantitative estimate of drug-likeness (QED) is 0.693. The number of hydrogen-bond donors (Lipinski definition) is 2. The molecule has 0 saturated heterocycles. The molecule has 3 rings (SSSR count). The molecule has 7 nitrogen and oxygen atoms in total. The topological polar surface area (TPSA) is 101 Å². The third-order valence-electron chi connectivity index (χ3n) is 3.47. The van der Waals surface area contributed by atoms with Crippen molar-refractivity contribution in [3.63, 3.8) is 0 Å². The molecule has 0 fully saturated rings. The van der Waals surface area contributed by atoms with Gasteiger partial charge in [0.25, 0.3) is 15.9 Å². The van der Waals surface area contributed by atoms with Crippen LogP contribution in [0.4, 0.5) is 20.3 Å². The molecule has 0 spiro atoms. The van der Waals surface area contributed by atoms with Gasteiger partial charge in [0.2, 0.25) is 0 Å². The number of amides is 1. The van der Waals surface area contributed by atoms with Crippen LogP contribution in [0.15, 0.2) is 57.9 Å². The fourth-order valence-corrected chi connectivity index (χ4v) is 3.22. The van der Waals surface area contributed by atoms with Crippen molar-refractivity contribution in [1.82, 2.24) is 5.16 Å². The standard InChI is InChI=1S/C17H13F2N3O4S/c1-10-8-16(21-26-10)20-17(23)11-2-5-13(6-3-11)27(24,25)22-12-4-7-14(18)15(19)9-12/h2-9,22H,1H3,(H,20,21,23). The number of aromatic nitrogens is 1. The molecule has 1 amide bonds. The van der Waals surface area contributed by atoms with Gasteiger partial charge >= 0.3 is 0 Å². The predicted molar refractivity (Wildman–Crippen MR) is 92.8 cm³/mol. The Morgan fingerprint density at radius 3 is 2.33 bits per heavy atom. The Labute approximate surface area is 153 Å². The Hall–Kier alpha value is -3.27. The van der Waals surface area contributed by atoms with Gasteiger partial charge in [0.05, 0.1) is 10.6 Å². The van der Waals surface area contributed by atoms with Crippen LogP contribution in [0.25, 0.3) is 0 Å². The van der Waals surface area contributed by atoms with Crippen molar-refractivity contribution in [1.29, 1.82) is 0 Å². The zero-order valence-corrected chi connectivity index (χ0v) is 14.7. The highest BCUT2D eigenvalue weighted by Crippen LogP contribution is 2.19. The van der Waals surface area contributed by atoms with Crippen LogP contribution in [0, 0.1) is 18.6 Å². The van der Waals surface area contributed by atoms with Gasteiger partial charge in [-0.15, -0.1) is 0 Å². The first-order valence-electron chi connectivity index (χ1n) is 7.57. The van der Waals surface area contributed by atoms with Crippen molar-refractivity contribution in [3.8, 4) is 0 Å². The minimum Gasteiger partial charge on any atom is -0.360 e. The number of benzene rings is 2. The van der Waals surface area contributed by atoms with Crippen molar-refractivity contribution in [3.05, 3.63) is 71.5 Å². The van der Waals surface area contributed by atoms with Gasteiger partial charge in [0, 0.05) is 17.7 Å². The maximum absolute atomic E-state index is 13.2. The van der Waals surface area contributed by atoms with Crippen molar-refractivity contribution in [2.75, 3.05) is 10.0 Å². The molecule has 0 aliphatic heterocycles. The van der Waals surface area contributed by atoms with Crippen LogP contribution in [0.1, 0.15) is 16.1 Å². The number of rotatable bonds is 5. The van der Waals surface area contributed by atoms with E-state index in [4.69, 9.17) is 4.52 Å². The Balaban J connectivity index is 1.75. The van der Waals surface area contributed by atoms with Gasteiger partial charge in [-0.1, -0.05) is 5.16 Å². The molecular formula is C17H13F2N3O4S. The smallest absolute Gasteiger partial charge is 0.261 e. The summed E-state index contributed by atoms with van der Waals surface area (Å²) in [5.74, 6) is -2.01. The minimum absolute atomic E-state index is 0.128. The number of anilines is 2. The number of aryl methyl sites for hydroxylation is 1. The summed E-state index contributed by atoms with van der Waals surface area (Å²) in [7, 11) is -4.04. The molecule has 2 N–H and O–H groups in total. The molecule has 0 radical (unpaired) electrons. The molecule has 0 unspecified atom stereocenters. The zero-order valence-electron chi connectivity index (χ0n) is 13.9. The highest BCUT2D eigenvalue weighted by molar-refractivity contribution is 7.92. The van der Waals surface area contributed by atoms with Crippen LogP contribution in [-0.4, -0.2) is 19.5 Å². The van der Waals surface area contributed by atoms with E-state index in [2.05, 4.69) is 15.2 Å². The Morgan fingerprint density at radius 1 is 1.04 bits per heavy atom. The fourth-order valence-electron chi connectivity index (χ4n) is 2.17. The second kappa shape index (κ2) is 7.16. The zero-order chi connectivity index (χ0) is 19.6.